The number of phenolic OH excluding ortho intramolecular Hbond substituents is 1. The molecule has 6 N–H and O–H groups in total. The van der Waals surface area contributed by atoms with E-state index in [9.17, 15) is 29.4 Å². The molecule has 2 saturated heterocycles. The van der Waals surface area contributed by atoms with Gasteiger partial charge in [0.15, 0.2) is 5.82 Å². The summed E-state index contributed by atoms with van der Waals surface area (Å²) in [6, 6.07) is 19.7. The average Bonchev–Trinajstić information content (AvgIpc) is 3.96. The van der Waals surface area contributed by atoms with Crippen molar-refractivity contribution in [1.29, 1.82) is 0 Å². The van der Waals surface area contributed by atoms with Crippen LogP contribution in [-0.4, -0.2) is 115 Å². The topological polar surface area (TPSA) is 207 Å². The molecule has 2 aliphatic rings. The Morgan fingerprint density at radius 1 is 0.871 bits per heavy atom. The van der Waals surface area contributed by atoms with Gasteiger partial charge in [-0.05, 0) is 54.5 Å². The average molecular weight is 976 g/mol. The SMILES string of the molecule is Cc1ncsc1-c1ccc(CNC(=O)[C@@H]2C[C@@H](O)CN2C(=O)[C@@H](NC(=O)CCCCCCCCC(=O)N2CCN(Cc3cccc(-c4cc(-c5ccccc5O)nnc4N)c3F)CC2)C(C)(C)C)cc1. The van der Waals surface area contributed by atoms with Crippen molar-refractivity contribution in [2.24, 2.45) is 5.41 Å². The molecule has 0 radical (unpaired) electrons. The maximum atomic E-state index is 16.0. The highest BCUT2D eigenvalue weighted by atomic mass is 32.1. The number of halogens is 1. The zero-order valence-corrected chi connectivity index (χ0v) is 41.4. The number of rotatable bonds is 19. The van der Waals surface area contributed by atoms with Crippen LogP contribution in [-0.2, 0) is 32.3 Å². The summed E-state index contributed by atoms with van der Waals surface area (Å²) >= 11 is 1.58. The molecule has 17 heteroatoms. The van der Waals surface area contributed by atoms with Gasteiger partial charge in [0, 0.05) is 87.3 Å². The van der Waals surface area contributed by atoms with Crippen LogP contribution in [0.1, 0.15) is 95.4 Å². The van der Waals surface area contributed by atoms with E-state index in [2.05, 4.69) is 30.7 Å². The summed E-state index contributed by atoms with van der Waals surface area (Å²) < 4.78 is 16.0. The molecule has 70 heavy (non-hydrogen) atoms. The number of unbranched alkanes of at least 4 members (excludes halogenated alkanes) is 5. The monoisotopic (exact) mass is 975 g/mol. The Bertz CT molecular complexity index is 2610. The van der Waals surface area contributed by atoms with E-state index in [0.29, 0.717) is 73.5 Å². The van der Waals surface area contributed by atoms with Gasteiger partial charge in [-0.15, -0.1) is 21.5 Å². The zero-order chi connectivity index (χ0) is 50.0. The van der Waals surface area contributed by atoms with E-state index in [1.165, 1.54) is 4.90 Å². The molecule has 0 spiro atoms. The van der Waals surface area contributed by atoms with Gasteiger partial charge in [0.2, 0.25) is 23.6 Å². The van der Waals surface area contributed by atoms with Crippen LogP contribution in [0, 0.1) is 18.2 Å². The number of aryl methyl sites for hydroxylation is 1. The number of nitrogens with two attached hydrogens (primary N) is 1. The molecule has 2 fully saturated rings. The first kappa shape index (κ1) is 51.5. The minimum absolute atomic E-state index is 0.0122. The molecule has 5 aromatic rings. The predicted octanol–water partition coefficient (Wildman–Crippen LogP) is 7.24. The molecule has 4 heterocycles. The van der Waals surface area contributed by atoms with Gasteiger partial charge >= 0.3 is 0 Å². The number of aliphatic hydroxyl groups excluding tert-OH is 1. The Morgan fingerprint density at radius 2 is 1.56 bits per heavy atom. The van der Waals surface area contributed by atoms with E-state index in [0.717, 1.165) is 53.8 Å². The summed E-state index contributed by atoms with van der Waals surface area (Å²) in [6.45, 7) is 10.6. The van der Waals surface area contributed by atoms with E-state index in [1.807, 2.05) is 62.4 Å². The Kier molecular flexibility index (Phi) is 17.3. The van der Waals surface area contributed by atoms with Gasteiger partial charge in [-0.1, -0.05) is 101 Å². The number of likely N-dealkylation sites (tertiary alicyclic amines) is 1. The molecule has 2 aromatic heterocycles. The smallest absolute Gasteiger partial charge is 0.246 e. The van der Waals surface area contributed by atoms with E-state index in [-0.39, 0.29) is 61.1 Å². The maximum absolute atomic E-state index is 16.0. The fourth-order valence-corrected chi connectivity index (χ4v) is 10.00. The molecule has 4 amide bonds. The summed E-state index contributed by atoms with van der Waals surface area (Å²) in [5.74, 6) is -1.13. The third kappa shape index (κ3) is 13.1. The van der Waals surface area contributed by atoms with Crippen LogP contribution in [0.3, 0.4) is 0 Å². The number of β-amino-alcohol motifs (C(OH)–C–C–N with tert-alkyl or cyclic N) is 1. The largest absolute Gasteiger partial charge is 0.507 e. The van der Waals surface area contributed by atoms with Crippen molar-refractivity contribution in [2.45, 2.75) is 117 Å². The van der Waals surface area contributed by atoms with E-state index in [1.54, 1.807) is 59.9 Å². The number of carbonyl (C=O) groups excluding carboxylic acids is 4. The van der Waals surface area contributed by atoms with E-state index >= 15 is 4.39 Å². The number of para-hydroxylation sites is 1. The molecule has 0 saturated carbocycles. The number of nitrogens with zero attached hydrogens (tertiary/aromatic N) is 6. The Balaban J connectivity index is 0.783. The molecule has 3 atom stereocenters. The summed E-state index contributed by atoms with van der Waals surface area (Å²) in [4.78, 5) is 64.7. The number of aromatic hydroxyl groups is 1. The second-order valence-electron chi connectivity index (χ2n) is 19.5. The second kappa shape index (κ2) is 23.5. The maximum Gasteiger partial charge on any atom is 0.246 e. The highest BCUT2D eigenvalue weighted by molar-refractivity contribution is 7.13. The number of benzene rings is 3. The Hall–Kier alpha value is -6.30. The highest BCUT2D eigenvalue weighted by Crippen LogP contribution is 2.35. The van der Waals surface area contributed by atoms with Gasteiger partial charge in [-0.2, -0.15) is 0 Å². The summed E-state index contributed by atoms with van der Waals surface area (Å²) in [5.41, 5.74) is 12.3. The fourth-order valence-electron chi connectivity index (χ4n) is 9.19. The molecule has 0 bridgehead atoms. The lowest BCUT2D eigenvalue weighted by atomic mass is 9.85. The summed E-state index contributed by atoms with van der Waals surface area (Å²) in [7, 11) is 0. The van der Waals surface area contributed by atoms with Crippen LogP contribution in [0.2, 0.25) is 0 Å². The summed E-state index contributed by atoms with van der Waals surface area (Å²) in [6.07, 6.45) is 5.00. The number of aliphatic hydroxyl groups is 1. The number of piperazine rings is 1. The minimum Gasteiger partial charge on any atom is -0.507 e. The van der Waals surface area contributed by atoms with Gasteiger partial charge in [0.1, 0.15) is 23.7 Å². The van der Waals surface area contributed by atoms with Crippen molar-refractivity contribution in [3.8, 4) is 38.6 Å². The highest BCUT2D eigenvalue weighted by Gasteiger charge is 2.44. The third-order valence-corrected chi connectivity index (χ3v) is 14.2. The molecule has 2 aliphatic heterocycles. The van der Waals surface area contributed by atoms with Gasteiger partial charge in [-0.3, -0.25) is 24.1 Å². The number of thiazole rings is 1. The lowest BCUT2D eigenvalue weighted by molar-refractivity contribution is -0.144. The lowest BCUT2D eigenvalue weighted by Crippen LogP contribution is -2.57. The Labute approximate surface area is 413 Å². The number of hydrogen-bond donors (Lipinski definition) is 5. The first-order chi connectivity index (χ1) is 33.6. The normalized spacial score (nSPS) is 16.8. The number of hydrogen-bond acceptors (Lipinski definition) is 12. The second-order valence-corrected chi connectivity index (χ2v) is 20.4. The standard InChI is InChI=1S/C53H66FN9O6S/c1-34-48(70-33-57-34)36-22-20-35(21-23-36)30-56-51(68)43-28-38(64)32-63(43)52(69)49(53(2,3)4)58-45(66)18-9-7-5-6-8-10-19-46(67)62-26-24-61(25-27-62)31-37-14-13-16-39(47(37)54)41-29-42(59-60-50(41)55)40-15-11-12-17-44(40)65/h11-17,20-23,29,33,38,43,49,64-65H,5-10,18-19,24-28,30-32H2,1-4H3,(H2,55,60)(H,56,68)(H,58,66)/t38-,43+,49-/m1/s1. The van der Waals surface area contributed by atoms with Crippen molar-refractivity contribution in [2.75, 3.05) is 38.5 Å². The minimum atomic E-state index is -0.881. The summed E-state index contributed by atoms with van der Waals surface area (Å²) in [5, 5.41) is 35.0. The van der Waals surface area contributed by atoms with Gasteiger partial charge in [0.25, 0.3) is 0 Å². The van der Waals surface area contributed by atoms with Gasteiger partial charge < -0.3 is 36.4 Å². The first-order valence-corrected chi connectivity index (χ1v) is 25.2. The van der Waals surface area contributed by atoms with Gasteiger partial charge in [0.05, 0.1) is 27.9 Å². The van der Waals surface area contributed by atoms with Crippen LogP contribution < -0.4 is 16.4 Å². The van der Waals surface area contributed by atoms with Crippen LogP contribution in [0.5, 0.6) is 5.75 Å². The number of amides is 4. The van der Waals surface area contributed by atoms with Crippen molar-refractivity contribution in [3.05, 3.63) is 101 Å². The van der Waals surface area contributed by atoms with E-state index in [4.69, 9.17) is 5.73 Å². The van der Waals surface area contributed by atoms with Crippen molar-refractivity contribution >= 4 is 40.8 Å². The van der Waals surface area contributed by atoms with E-state index < -0.39 is 29.4 Å². The first-order valence-electron chi connectivity index (χ1n) is 24.3. The molecular weight excluding hydrogens is 910 g/mol. The van der Waals surface area contributed by atoms with Crippen molar-refractivity contribution in [1.82, 2.24) is 40.5 Å². The molecule has 7 rings (SSSR count). The number of anilines is 1. The van der Waals surface area contributed by atoms with Crippen molar-refractivity contribution in [3.63, 3.8) is 0 Å². The Morgan fingerprint density at radius 3 is 2.24 bits per heavy atom. The van der Waals surface area contributed by atoms with Crippen LogP contribution >= 0.6 is 11.3 Å². The number of nitrogen functional groups attached to an aromatic ring is 1. The molecule has 0 unspecified atom stereocenters. The predicted molar refractivity (Wildman–Crippen MR) is 269 cm³/mol. The number of carbonyl (C=O) groups is 4. The van der Waals surface area contributed by atoms with Crippen LogP contribution in [0.25, 0.3) is 32.8 Å². The number of nitrogens with one attached hydrogen (secondary N) is 2. The number of phenols is 1. The molecule has 0 aliphatic carbocycles. The molecular formula is C53H66FN9O6S. The fraction of sp³-hybridized carbons (Fsp3) is 0.453. The quantitative estimate of drug-likeness (QED) is 0.0521. The van der Waals surface area contributed by atoms with Crippen LogP contribution in [0.4, 0.5) is 10.2 Å². The van der Waals surface area contributed by atoms with Gasteiger partial charge in [-0.25, -0.2) is 9.37 Å². The number of aromatic nitrogens is 3. The molecule has 15 nitrogen and oxygen atoms in total. The third-order valence-electron chi connectivity index (χ3n) is 13.2. The lowest BCUT2D eigenvalue weighted by Gasteiger charge is -2.35. The molecule has 3 aromatic carbocycles. The molecule has 372 valence electrons. The van der Waals surface area contributed by atoms with Crippen molar-refractivity contribution < 1.29 is 33.8 Å². The van der Waals surface area contributed by atoms with Crippen LogP contribution in [0.15, 0.2) is 78.3 Å². The zero-order valence-electron chi connectivity index (χ0n) is 40.6.